The summed E-state index contributed by atoms with van der Waals surface area (Å²) < 4.78 is 17.1. The van der Waals surface area contributed by atoms with Gasteiger partial charge in [0.05, 0.1) is 5.60 Å². The van der Waals surface area contributed by atoms with Gasteiger partial charge in [0.15, 0.2) is 0 Å². The Bertz CT molecular complexity index is 666. The molecule has 0 unspecified atom stereocenters. The lowest BCUT2D eigenvalue weighted by Gasteiger charge is -2.38. The van der Waals surface area contributed by atoms with Crippen LogP contribution in [0, 0.1) is 5.92 Å². The van der Waals surface area contributed by atoms with Crippen molar-refractivity contribution >= 4 is 12.1 Å². The number of carbonyl (C=O) groups excluding carboxylic acids is 2. The van der Waals surface area contributed by atoms with Gasteiger partial charge in [-0.05, 0) is 66.9 Å². The van der Waals surface area contributed by atoms with E-state index in [0.717, 1.165) is 12.0 Å². The van der Waals surface area contributed by atoms with Crippen molar-refractivity contribution in [2.45, 2.75) is 91.6 Å². The van der Waals surface area contributed by atoms with Gasteiger partial charge in [0.1, 0.15) is 17.7 Å². The molecule has 1 amide bonds. The number of esters is 1. The van der Waals surface area contributed by atoms with Crippen LogP contribution in [0.25, 0.3) is 0 Å². The Balaban J connectivity index is 2.86. The minimum absolute atomic E-state index is 0.0656. The molecular weight excluding hydrogens is 382 g/mol. The van der Waals surface area contributed by atoms with Gasteiger partial charge in [-0.1, -0.05) is 37.3 Å². The number of ether oxygens (including phenoxy) is 3. The molecule has 0 fully saturated rings. The van der Waals surface area contributed by atoms with Crippen molar-refractivity contribution in [1.82, 2.24) is 5.32 Å². The first-order valence-electron chi connectivity index (χ1n) is 10.7. The van der Waals surface area contributed by atoms with Gasteiger partial charge < -0.3 is 19.5 Å². The van der Waals surface area contributed by atoms with Crippen LogP contribution in [0.4, 0.5) is 4.79 Å². The number of alkyl carbamates (subject to hydrolysis) is 1. The van der Waals surface area contributed by atoms with Gasteiger partial charge in [0.2, 0.25) is 0 Å². The van der Waals surface area contributed by atoms with E-state index < -0.39 is 35.4 Å². The van der Waals surface area contributed by atoms with Crippen molar-refractivity contribution in [1.29, 1.82) is 0 Å². The second kappa shape index (κ2) is 11.3. The largest absolute Gasteiger partial charge is 0.461 e. The van der Waals surface area contributed by atoms with Crippen molar-refractivity contribution in [2.24, 2.45) is 5.92 Å². The summed E-state index contributed by atoms with van der Waals surface area (Å²) in [5, 5.41) is 2.54. The number of rotatable bonds is 10. The molecule has 1 aromatic rings. The van der Waals surface area contributed by atoms with Crippen LogP contribution in [0.3, 0.4) is 0 Å². The van der Waals surface area contributed by atoms with E-state index in [-0.39, 0.29) is 5.92 Å². The summed E-state index contributed by atoms with van der Waals surface area (Å²) in [7, 11) is 0. The fourth-order valence-electron chi connectivity index (χ4n) is 3.23. The molecule has 0 aliphatic heterocycles. The number of hydrogen-bond acceptors (Lipinski definition) is 5. The van der Waals surface area contributed by atoms with Gasteiger partial charge in [-0.3, -0.25) is 0 Å². The van der Waals surface area contributed by atoms with Gasteiger partial charge in [0, 0.05) is 12.5 Å². The highest BCUT2D eigenvalue weighted by molar-refractivity contribution is 5.81. The summed E-state index contributed by atoms with van der Waals surface area (Å²) in [6.45, 7) is 15.5. The van der Waals surface area contributed by atoms with Crippen LogP contribution in [-0.4, -0.2) is 42.0 Å². The molecule has 0 heterocycles. The molecule has 0 saturated heterocycles. The van der Waals surface area contributed by atoms with Crippen LogP contribution in [0.5, 0.6) is 0 Å². The van der Waals surface area contributed by atoms with Crippen LogP contribution in [-0.2, 0) is 25.4 Å². The molecule has 6 nitrogen and oxygen atoms in total. The molecule has 0 radical (unpaired) electrons. The quantitative estimate of drug-likeness (QED) is 0.544. The van der Waals surface area contributed by atoms with Crippen molar-refractivity contribution in [3.63, 3.8) is 0 Å². The van der Waals surface area contributed by atoms with E-state index >= 15 is 0 Å². The van der Waals surface area contributed by atoms with Crippen LogP contribution in [0.2, 0.25) is 0 Å². The zero-order valence-electron chi connectivity index (χ0n) is 19.8. The standard InChI is InChI=1S/C24H39NO5/c1-9-15-28-24(7,8)20(16-19-13-11-10-12-14-19)18(3)29-21(26)17(2)25-22(27)30-23(4,5)6/h10-14,17-18,20H,9,15-16H2,1-8H3,(H,25,27)/t17-,18-,20-/m0/s1. The minimum Gasteiger partial charge on any atom is -0.461 e. The molecule has 1 rings (SSSR count). The first-order valence-corrected chi connectivity index (χ1v) is 10.7. The molecule has 0 aliphatic carbocycles. The summed E-state index contributed by atoms with van der Waals surface area (Å²) in [6, 6.07) is 9.27. The van der Waals surface area contributed by atoms with Gasteiger partial charge in [-0.25, -0.2) is 9.59 Å². The maximum atomic E-state index is 12.6. The van der Waals surface area contributed by atoms with E-state index in [1.54, 1.807) is 27.7 Å². The topological polar surface area (TPSA) is 73.9 Å². The molecule has 1 aromatic carbocycles. The maximum absolute atomic E-state index is 12.6. The van der Waals surface area contributed by atoms with Gasteiger partial charge in [-0.2, -0.15) is 0 Å². The monoisotopic (exact) mass is 421 g/mol. The van der Waals surface area contributed by atoms with Crippen LogP contribution in [0.15, 0.2) is 30.3 Å². The number of benzene rings is 1. The molecule has 0 bridgehead atoms. The summed E-state index contributed by atoms with van der Waals surface area (Å²) in [6.07, 6.45) is 0.561. The number of nitrogens with one attached hydrogen (secondary N) is 1. The van der Waals surface area contributed by atoms with E-state index in [0.29, 0.717) is 13.0 Å². The number of hydrogen-bond donors (Lipinski definition) is 1. The predicted molar refractivity (Wildman–Crippen MR) is 118 cm³/mol. The molecule has 0 saturated carbocycles. The highest BCUT2D eigenvalue weighted by Crippen LogP contribution is 2.30. The van der Waals surface area contributed by atoms with Crippen molar-refractivity contribution in [3.05, 3.63) is 35.9 Å². The summed E-state index contributed by atoms with van der Waals surface area (Å²) in [4.78, 5) is 24.6. The minimum atomic E-state index is -0.820. The lowest BCUT2D eigenvalue weighted by molar-refractivity contribution is -0.161. The Morgan fingerprint density at radius 1 is 1.03 bits per heavy atom. The Kier molecular flexibility index (Phi) is 9.82. The third-order valence-electron chi connectivity index (χ3n) is 4.83. The average molecular weight is 422 g/mol. The van der Waals surface area contributed by atoms with E-state index in [4.69, 9.17) is 14.2 Å². The third kappa shape index (κ3) is 9.16. The molecule has 0 aromatic heterocycles. The predicted octanol–water partition coefficient (Wildman–Crippen LogP) is 4.90. The second-order valence-electron chi connectivity index (χ2n) is 9.26. The van der Waals surface area contributed by atoms with Gasteiger partial charge in [-0.15, -0.1) is 0 Å². The SMILES string of the molecule is CCCOC(C)(C)[C@@H](Cc1ccccc1)[C@H](C)OC(=O)[C@H](C)NC(=O)OC(C)(C)C. The van der Waals surface area contributed by atoms with Crippen LogP contribution >= 0.6 is 0 Å². The van der Waals surface area contributed by atoms with E-state index in [1.807, 2.05) is 39.0 Å². The van der Waals surface area contributed by atoms with E-state index in [9.17, 15) is 9.59 Å². The average Bonchev–Trinajstić information content (AvgIpc) is 2.63. The number of carbonyl (C=O) groups is 2. The van der Waals surface area contributed by atoms with Crippen LogP contribution < -0.4 is 5.32 Å². The molecular formula is C24H39NO5. The zero-order valence-corrected chi connectivity index (χ0v) is 19.8. The van der Waals surface area contributed by atoms with E-state index in [2.05, 4.69) is 24.4 Å². The third-order valence-corrected chi connectivity index (χ3v) is 4.83. The highest BCUT2D eigenvalue weighted by Gasteiger charge is 2.37. The van der Waals surface area contributed by atoms with Crippen molar-refractivity contribution < 1.29 is 23.8 Å². The molecule has 1 N–H and O–H groups in total. The molecule has 6 heteroatoms. The molecule has 30 heavy (non-hydrogen) atoms. The first-order chi connectivity index (χ1) is 13.9. The highest BCUT2D eigenvalue weighted by atomic mass is 16.6. The fourth-order valence-corrected chi connectivity index (χ4v) is 3.23. The Labute approximate surface area is 181 Å². The first kappa shape index (κ1) is 26.0. The van der Waals surface area contributed by atoms with Crippen molar-refractivity contribution in [3.8, 4) is 0 Å². The normalized spacial score (nSPS) is 15.1. The lowest BCUT2D eigenvalue weighted by Crippen LogP contribution is -2.47. The summed E-state index contributed by atoms with van der Waals surface area (Å²) in [5.74, 6) is -0.568. The molecule has 3 atom stereocenters. The molecule has 0 aliphatic rings. The Hall–Kier alpha value is -2.08. The van der Waals surface area contributed by atoms with Crippen LogP contribution in [0.1, 0.15) is 67.4 Å². The number of amides is 1. The Morgan fingerprint density at radius 2 is 1.63 bits per heavy atom. The smallest absolute Gasteiger partial charge is 0.408 e. The Morgan fingerprint density at radius 3 is 2.17 bits per heavy atom. The van der Waals surface area contributed by atoms with Gasteiger partial charge >= 0.3 is 12.1 Å². The summed E-state index contributed by atoms with van der Waals surface area (Å²) in [5.41, 5.74) is 0.0222. The summed E-state index contributed by atoms with van der Waals surface area (Å²) >= 11 is 0. The molecule has 170 valence electrons. The molecule has 0 spiro atoms. The fraction of sp³-hybridized carbons (Fsp3) is 0.667. The van der Waals surface area contributed by atoms with Gasteiger partial charge in [0.25, 0.3) is 0 Å². The maximum Gasteiger partial charge on any atom is 0.408 e. The second-order valence-corrected chi connectivity index (χ2v) is 9.26. The lowest BCUT2D eigenvalue weighted by atomic mass is 9.81. The zero-order chi connectivity index (χ0) is 22.9. The van der Waals surface area contributed by atoms with E-state index in [1.165, 1.54) is 0 Å². The van der Waals surface area contributed by atoms with Crippen molar-refractivity contribution in [2.75, 3.05) is 6.61 Å².